The SMILES string of the molecule is C[C@]12CCC(=O)C=C1CC[C@@H]1[C@@H]2[C@@H](O)C[C@@]2(C)[C@H]1CC[C@]2(O)C(=O)COC(=O)CN1CCN(CCCO[N+](=O)[O-])CC1. The first-order valence-electron chi connectivity index (χ1n) is 15.4. The summed E-state index contributed by atoms with van der Waals surface area (Å²) >= 11 is 0. The predicted molar refractivity (Wildman–Crippen MR) is 149 cm³/mol. The zero-order valence-electron chi connectivity index (χ0n) is 24.8. The second-order valence-electron chi connectivity index (χ2n) is 13.6. The zero-order chi connectivity index (χ0) is 30.3. The average molecular weight is 592 g/mol. The molecule has 12 heteroatoms. The Hall–Kier alpha value is -2.41. The standard InChI is InChI=1S/C30H45N3O9/c1-28-8-6-21(34)16-20(28)4-5-22-23-7-9-30(38,29(23,2)17-24(35)27(22)28)25(36)19-41-26(37)18-32-13-11-31(12-14-32)10-3-15-42-33(39)40/h16,22-24,27,35,38H,3-15,17-19H2,1-2H3/t22-,23-,24-,27+,28-,29-,30-/m0/s1. The van der Waals surface area contributed by atoms with Crippen LogP contribution in [-0.2, 0) is 24.0 Å². The van der Waals surface area contributed by atoms with E-state index in [2.05, 4.69) is 16.7 Å². The fourth-order valence-corrected chi connectivity index (χ4v) is 9.24. The van der Waals surface area contributed by atoms with Crippen molar-refractivity contribution < 1.29 is 39.3 Å². The van der Waals surface area contributed by atoms with E-state index in [0.717, 1.165) is 24.8 Å². The number of aliphatic hydroxyl groups excluding tert-OH is 1. The van der Waals surface area contributed by atoms with Crippen molar-refractivity contribution in [2.45, 2.75) is 76.9 Å². The molecule has 4 fully saturated rings. The highest BCUT2D eigenvalue weighted by atomic mass is 16.9. The highest BCUT2D eigenvalue weighted by Crippen LogP contribution is 2.67. The molecule has 0 aromatic rings. The van der Waals surface area contributed by atoms with E-state index in [0.29, 0.717) is 58.4 Å². The number of rotatable bonds is 10. The Balaban J connectivity index is 1.13. The number of Topliss-reactive ketones (excluding diaryl/α,β-unsaturated/α-hetero) is 1. The Kier molecular flexibility index (Phi) is 8.82. The van der Waals surface area contributed by atoms with Gasteiger partial charge in [-0.3, -0.25) is 19.3 Å². The summed E-state index contributed by atoms with van der Waals surface area (Å²) in [5, 5.41) is 32.9. The molecular formula is C30H45N3O9. The van der Waals surface area contributed by atoms with Gasteiger partial charge in [0.15, 0.2) is 12.4 Å². The first kappa shape index (κ1) is 31.0. The van der Waals surface area contributed by atoms with Crippen LogP contribution in [-0.4, -0.2) is 107 Å². The number of carbonyl (C=O) groups is 3. The van der Waals surface area contributed by atoms with Crippen LogP contribution in [0.25, 0.3) is 0 Å². The van der Waals surface area contributed by atoms with Crippen LogP contribution in [0.5, 0.6) is 0 Å². The molecule has 42 heavy (non-hydrogen) atoms. The van der Waals surface area contributed by atoms with Gasteiger partial charge in [0.1, 0.15) is 5.60 Å². The van der Waals surface area contributed by atoms with E-state index in [1.54, 1.807) is 6.08 Å². The highest BCUT2D eigenvalue weighted by Gasteiger charge is 2.68. The lowest BCUT2D eigenvalue weighted by atomic mass is 9.45. The summed E-state index contributed by atoms with van der Waals surface area (Å²) < 4.78 is 5.38. The van der Waals surface area contributed by atoms with Gasteiger partial charge in [-0.25, -0.2) is 0 Å². The Morgan fingerprint density at radius 1 is 1.12 bits per heavy atom. The molecule has 12 nitrogen and oxygen atoms in total. The topological polar surface area (TPSA) is 160 Å². The molecule has 0 aromatic heterocycles. The fraction of sp³-hybridized carbons (Fsp3) is 0.833. The third kappa shape index (κ3) is 5.62. The van der Waals surface area contributed by atoms with Gasteiger partial charge in [0.2, 0.25) is 5.78 Å². The van der Waals surface area contributed by atoms with Gasteiger partial charge in [-0.05, 0) is 74.2 Å². The molecule has 0 radical (unpaired) electrons. The third-order valence-electron chi connectivity index (χ3n) is 11.5. The molecule has 2 N–H and O–H groups in total. The summed E-state index contributed by atoms with van der Waals surface area (Å²) in [6, 6.07) is 0. The maximum Gasteiger partial charge on any atom is 0.320 e. The van der Waals surface area contributed by atoms with Gasteiger partial charge in [0.25, 0.3) is 5.09 Å². The van der Waals surface area contributed by atoms with Crippen molar-refractivity contribution in [3.63, 3.8) is 0 Å². The number of hydrogen-bond acceptors (Lipinski definition) is 11. The van der Waals surface area contributed by atoms with Crippen molar-refractivity contribution in [2.24, 2.45) is 28.6 Å². The lowest BCUT2D eigenvalue weighted by molar-refractivity contribution is -0.757. The molecule has 1 saturated heterocycles. The smallest absolute Gasteiger partial charge is 0.320 e. The number of piperazine rings is 1. The highest BCUT2D eigenvalue weighted by molar-refractivity contribution is 5.92. The molecule has 5 rings (SSSR count). The molecule has 3 saturated carbocycles. The second kappa shape index (κ2) is 11.9. The minimum absolute atomic E-state index is 0.00574. The largest absolute Gasteiger partial charge is 0.457 e. The molecule has 7 atom stereocenters. The third-order valence-corrected chi connectivity index (χ3v) is 11.5. The number of fused-ring (bicyclic) bond motifs is 5. The Morgan fingerprint density at radius 2 is 1.83 bits per heavy atom. The van der Waals surface area contributed by atoms with Gasteiger partial charge in [-0.15, -0.1) is 10.1 Å². The number of aliphatic hydroxyl groups is 2. The molecule has 1 heterocycles. The van der Waals surface area contributed by atoms with E-state index in [1.807, 2.05) is 11.8 Å². The molecule has 234 valence electrons. The number of nitrogens with zero attached hydrogens (tertiary/aromatic N) is 3. The van der Waals surface area contributed by atoms with Crippen LogP contribution >= 0.6 is 0 Å². The van der Waals surface area contributed by atoms with E-state index >= 15 is 0 Å². The molecular weight excluding hydrogens is 546 g/mol. The summed E-state index contributed by atoms with van der Waals surface area (Å²) in [6.07, 6.45) is 5.75. The minimum Gasteiger partial charge on any atom is -0.457 e. The van der Waals surface area contributed by atoms with Crippen molar-refractivity contribution in [3.05, 3.63) is 21.8 Å². The molecule has 1 aliphatic heterocycles. The molecule has 0 spiro atoms. The molecule has 4 aliphatic carbocycles. The fourth-order valence-electron chi connectivity index (χ4n) is 9.24. The summed E-state index contributed by atoms with van der Waals surface area (Å²) in [5.74, 6) is -0.652. The van der Waals surface area contributed by atoms with Gasteiger partial charge >= 0.3 is 5.97 Å². The number of allylic oxidation sites excluding steroid dienone is 1. The summed E-state index contributed by atoms with van der Waals surface area (Å²) in [7, 11) is 0. The molecule has 0 unspecified atom stereocenters. The van der Waals surface area contributed by atoms with Crippen LogP contribution in [0.1, 0.15) is 65.2 Å². The van der Waals surface area contributed by atoms with Crippen LogP contribution < -0.4 is 0 Å². The van der Waals surface area contributed by atoms with Crippen LogP contribution in [0.3, 0.4) is 0 Å². The van der Waals surface area contributed by atoms with E-state index in [1.165, 1.54) is 0 Å². The monoisotopic (exact) mass is 591 g/mol. The maximum atomic E-state index is 13.5. The number of ether oxygens (including phenoxy) is 1. The lowest BCUT2D eigenvalue weighted by Gasteiger charge is -2.60. The normalized spacial score (nSPS) is 38.6. The van der Waals surface area contributed by atoms with Crippen LogP contribution in [0.2, 0.25) is 0 Å². The first-order valence-corrected chi connectivity index (χ1v) is 15.4. The van der Waals surface area contributed by atoms with Crippen molar-refractivity contribution >= 4 is 17.5 Å². The Morgan fingerprint density at radius 3 is 2.55 bits per heavy atom. The van der Waals surface area contributed by atoms with Gasteiger partial charge in [0.05, 0.1) is 19.3 Å². The molecule has 0 aromatic carbocycles. The maximum absolute atomic E-state index is 13.5. The van der Waals surface area contributed by atoms with Gasteiger partial charge < -0.3 is 24.7 Å². The predicted octanol–water partition coefficient (Wildman–Crippen LogP) is 1.55. The number of esters is 1. The van der Waals surface area contributed by atoms with Crippen LogP contribution in [0, 0.1) is 38.7 Å². The first-order chi connectivity index (χ1) is 19.9. The van der Waals surface area contributed by atoms with Crippen LogP contribution in [0.4, 0.5) is 0 Å². The molecule has 0 amide bonds. The quantitative estimate of drug-likeness (QED) is 0.164. The van der Waals surface area contributed by atoms with E-state index in [9.17, 15) is 34.7 Å². The van der Waals surface area contributed by atoms with Crippen molar-refractivity contribution in [1.29, 1.82) is 0 Å². The Bertz CT molecular complexity index is 1120. The number of hydrogen-bond donors (Lipinski definition) is 2. The van der Waals surface area contributed by atoms with Crippen molar-refractivity contribution in [3.8, 4) is 0 Å². The van der Waals surface area contributed by atoms with Gasteiger partial charge in [-0.2, -0.15) is 0 Å². The van der Waals surface area contributed by atoms with Gasteiger partial charge in [0, 0.05) is 44.6 Å². The van der Waals surface area contributed by atoms with E-state index < -0.39 is 40.6 Å². The second-order valence-corrected chi connectivity index (χ2v) is 13.6. The van der Waals surface area contributed by atoms with Crippen LogP contribution in [0.15, 0.2) is 11.6 Å². The van der Waals surface area contributed by atoms with Gasteiger partial charge in [-0.1, -0.05) is 19.4 Å². The molecule has 5 aliphatic rings. The summed E-state index contributed by atoms with van der Waals surface area (Å²) in [6.45, 7) is 7.06. The molecule has 0 bridgehead atoms. The lowest BCUT2D eigenvalue weighted by Crippen LogP contribution is -2.62. The van der Waals surface area contributed by atoms with Crippen molar-refractivity contribution in [2.75, 3.05) is 52.5 Å². The zero-order valence-corrected chi connectivity index (χ0v) is 24.8. The number of ketones is 2. The minimum atomic E-state index is -1.67. The average Bonchev–Trinajstić information content (AvgIpc) is 3.21. The van der Waals surface area contributed by atoms with Crippen molar-refractivity contribution in [1.82, 2.24) is 9.80 Å². The summed E-state index contributed by atoms with van der Waals surface area (Å²) in [4.78, 5) is 56.9. The number of carbonyl (C=O) groups excluding carboxylic acids is 3. The van der Waals surface area contributed by atoms with E-state index in [4.69, 9.17) is 4.74 Å². The summed E-state index contributed by atoms with van der Waals surface area (Å²) in [5.41, 5.74) is -1.59. The van der Waals surface area contributed by atoms with E-state index in [-0.39, 0.29) is 48.5 Å². The Labute approximate surface area is 246 Å².